The zero-order valence-corrected chi connectivity index (χ0v) is 9.10. The minimum atomic E-state index is 0.247. The summed E-state index contributed by atoms with van der Waals surface area (Å²) in [5.41, 5.74) is 9.83. The number of hydrazine groups is 1. The van der Waals surface area contributed by atoms with Gasteiger partial charge in [0.1, 0.15) is 0 Å². The normalized spacial score (nSPS) is 28.1. The summed E-state index contributed by atoms with van der Waals surface area (Å²) in [7, 11) is 0. The van der Waals surface area contributed by atoms with Crippen LogP contribution in [0.2, 0.25) is 0 Å². The molecular formula is C11H23N3. The molecular weight excluding hydrogens is 174 g/mol. The molecule has 0 aromatic heterocycles. The highest BCUT2D eigenvalue weighted by Crippen LogP contribution is 2.29. The van der Waals surface area contributed by atoms with Gasteiger partial charge in [-0.05, 0) is 25.7 Å². The quantitative estimate of drug-likeness (QED) is 0.715. The summed E-state index contributed by atoms with van der Waals surface area (Å²) in [6.07, 6.45) is 9.30. The van der Waals surface area contributed by atoms with Crippen molar-refractivity contribution in [2.45, 2.75) is 50.5 Å². The minimum absolute atomic E-state index is 0.247. The van der Waals surface area contributed by atoms with Crippen molar-refractivity contribution in [3.8, 4) is 0 Å². The Bertz CT molecular complexity index is 169. The number of nitrogens with two attached hydrogens (primary N) is 1. The number of nitrogens with one attached hydrogen (secondary N) is 1. The molecule has 3 heteroatoms. The summed E-state index contributed by atoms with van der Waals surface area (Å²) in [6, 6.07) is 0. The van der Waals surface area contributed by atoms with Gasteiger partial charge in [-0.2, -0.15) is 0 Å². The Morgan fingerprint density at radius 2 is 1.64 bits per heavy atom. The van der Waals surface area contributed by atoms with Gasteiger partial charge in [0.2, 0.25) is 0 Å². The van der Waals surface area contributed by atoms with E-state index in [9.17, 15) is 0 Å². The third kappa shape index (κ3) is 2.27. The lowest BCUT2D eigenvalue weighted by atomic mass is 9.99. The maximum atomic E-state index is 5.90. The highest BCUT2D eigenvalue weighted by molar-refractivity contribution is 4.92. The van der Waals surface area contributed by atoms with Gasteiger partial charge in [-0.25, -0.2) is 10.4 Å². The van der Waals surface area contributed by atoms with Crippen molar-refractivity contribution in [2.24, 2.45) is 5.73 Å². The molecule has 2 rings (SSSR count). The lowest BCUT2D eigenvalue weighted by Crippen LogP contribution is -2.57. The van der Waals surface area contributed by atoms with Crippen LogP contribution in [0, 0.1) is 0 Å². The fourth-order valence-electron chi connectivity index (χ4n) is 2.75. The van der Waals surface area contributed by atoms with Gasteiger partial charge in [0.05, 0.1) is 0 Å². The van der Waals surface area contributed by atoms with Crippen LogP contribution in [0.3, 0.4) is 0 Å². The second-order valence-corrected chi connectivity index (χ2v) is 4.85. The van der Waals surface area contributed by atoms with Gasteiger partial charge in [0, 0.05) is 25.2 Å². The van der Waals surface area contributed by atoms with Crippen LogP contribution >= 0.6 is 0 Å². The molecule has 3 N–H and O–H groups in total. The highest BCUT2D eigenvalue weighted by Gasteiger charge is 2.33. The third-order valence-electron chi connectivity index (χ3n) is 3.70. The van der Waals surface area contributed by atoms with Crippen molar-refractivity contribution in [3.63, 3.8) is 0 Å². The van der Waals surface area contributed by atoms with E-state index in [1.807, 2.05) is 0 Å². The molecule has 0 unspecified atom stereocenters. The van der Waals surface area contributed by atoms with Crippen LogP contribution in [-0.4, -0.2) is 30.2 Å². The molecule has 0 amide bonds. The molecule has 0 bridgehead atoms. The fraction of sp³-hybridized carbons (Fsp3) is 1.00. The second-order valence-electron chi connectivity index (χ2n) is 4.85. The molecule has 0 aromatic carbocycles. The van der Waals surface area contributed by atoms with Gasteiger partial charge >= 0.3 is 0 Å². The SMILES string of the molecule is NCC1(NN2CCCCC2)CCCC1. The van der Waals surface area contributed by atoms with Crippen LogP contribution in [0.15, 0.2) is 0 Å². The Kier molecular flexibility index (Phi) is 3.42. The molecule has 1 aliphatic carbocycles. The van der Waals surface area contributed by atoms with E-state index in [1.165, 1.54) is 58.0 Å². The first-order chi connectivity index (χ1) is 6.85. The summed E-state index contributed by atoms with van der Waals surface area (Å²) in [4.78, 5) is 0. The zero-order chi connectivity index (χ0) is 9.86. The highest BCUT2D eigenvalue weighted by atomic mass is 15.5. The Morgan fingerprint density at radius 3 is 2.21 bits per heavy atom. The van der Waals surface area contributed by atoms with Crippen LogP contribution in [0.5, 0.6) is 0 Å². The lowest BCUT2D eigenvalue weighted by Gasteiger charge is -2.37. The van der Waals surface area contributed by atoms with Gasteiger partial charge in [-0.3, -0.25) is 0 Å². The summed E-state index contributed by atoms with van der Waals surface area (Å²) in [6.45, 7) is 3.22. The maximum absolute atomic E-state index is 5.90. The summed E-state index contributed by atoms with van der Waals surface area (Å²) < 4.78 is 0. The first-order valence-corrected chi connectivity index (χ1v) is 6.07. The Labute approximate surface area is 87.0 Å². The summed E-state index contributed by atoms with van der Waals surface area (Å²) in [5, 5.41) is 2.40. The number of hydrogen-bond donors (Lipinski definition) is 2. The van der Waals surface area contributed by atoms with Gasteiger partial charge in [0.25, 0.3) is 0 Å². The molecule has 14 heavy (non-hydrogen) atoms. The molecule has 1 saturated heterocycles. The zero-order valence-electron chi connectivity index (χ0n) is 9.10. The van der Waals surface area contributed by atoms with E-state index >= 15 is 0 Å². The molecule has 82 valence electrons. The molecule has 1 saturated carbocycles. The number of nitrogens with zero attached hydrogens (tertiary/aromatic N) is 1. The van der Waals surface area contributed by atoms with Crippen LogP contribution in [0.4, 0.5) is 0 Å². The monoisotopic (exact) mass is 197 g/mol. The van der Waals surface area contributed by atoms with Crippen LogP contribution in [0.25, 0.3) is 0 Å². The van der Waals surface area contributed by atoms with E-state index in [4.69, 9.17) is 5.73 Å². The predicted octanol–water partition coefficient (Wildman–Crippen LogP) is 1.25. The van der Waals surface area contributed by atoms with Gasteiger partial charge in [-0.1, -0.05) is 19.3 Å². The van der Waals surface area contributed by atoms with Gasteiger partial charge in [-0.15, -0.1) is 0 Å². The van der Waals surface area contributed by atoms with Crippen molar-refractivity contribution in [3.05, 3.63) is 0 Å². The maximum Gasteiger partial charge on any atom is 0.0448 e. The number of piperidine rings is 1. The average Bonchev–Trinajstić information content (AvgIpc) is 2.69. The molecule has 3 nitrogen and oxygen atoms in total. The van der Waals surface area contributed by atoms with Crippen molar-refractivity contribution < 1.29 is 0 Å². The van der Waals surface area contributed by atoms with Crippen molar-refractivity contribution in [2.75, 3.05) is 19.6 Å². The minimum Gasteiger partial charge on any atom is -0.329 e. The standard InChI is InChI=1S/C11H23N3/c12-10-11(6-2-3-7-11)13-14-8-4-1-5-9-14/h13H,1-10,12H2. The lowest BCUT2D eigenvalue weighted by molar-refractivity contribution is 0.0855. The average molecular weight is 197 g/mol. The van der Waals surface area contributed by atoms with E-state index in [0.717, 1.165) is 6.54 Å². The van der Waals surface area contributed by atoms with Gasteiger partial charge in [0.15, 0.2) is 0 Å². The van der Waals surface area contributed by atoms with Crippen LogP contribution in [0.1, 0.15) is 44.9 Å². The molecule has 0 aromatic rings. The van der Waals surface area contributed by atoms with E-state index in [2.05, 4.69) is 10.4 Å². The van der Waals surface area contributed by atoms with Gasteiger partial charge < -0.3 is 5.73 Å². The Balaban J connectivity index is 1.86. The molecule has 2 aliphatic rings. The third-order valence-corrected chi connectivity index (χ3v) is 3.70. The molecule has 0 atom stereocenters. The van der Waals surface area contributed by atoms with Crippen molar-refractivity contribution in [1.82, 2.24) is 10.4 Å². The summed E-state index contributed by atoms with van der Waals surface area (Å²) in [5.74, 6) is 0. The van der Waals surface area contributed by atoms with Crippen molar-refractivity contribution in [1.29, 1.82) is 0 Å². The summed E-state index contributed by atoms with van der Waals surface area (Å²) >= 11 is 0. The molecule has 2 fully saturated rings. The predicted molar refractivity (Wildman–Crippen MR) is 58.8 cm³/mol. The van der Waals surface area contributed by atoms with E-state index in [1.54, 1.807) is 0 Å². The Hall–Kier alpha value is -0.120. The largest absolute Gasteiger partial charge is 0.329 e. The number of rotatable bonds is 3. The first kappa shape index (κ1) is 10.4. The molecule has 0 spiro atoms. The topological polar surface area (TPSA) is 41.3 Å². The van der Waals surface area contributed by atoms with E-state index < -0.39 is 0 Å². The molecule has 1 aliphatic heterocycles. The number of hydrogen-bond acceptors (Lipinski definition) is 3. The smallest absolute Gasteiger partial charge is 0.0448 e. The molecule has 1 heterocycles. The fourth-order valence-corrected chi connectivity index (χ4v) is 2.75. The van der Waals surface area contributed by atoms with Crippen LogP contribution in [-0.2, 0) is 0 Å². The van der Waals surface area contributed by atoms with E-state index in [0.29, 0.717) is 0 Å². The molecule has 0 radical (unpaired) electrons. The second kappa shape index (κ2) is 4.60. The first-order valence-electron chi connectivity index (χ1n) is 6.07. The van der Waals surface area contributed by atoms with Crippen LogP contribution < -0.4 is 11.2 Å². The van der Waals surface area contributed by atoms with Crippen molar-refractivity contribution >= 4 is 0 Å². The Morgan fingerprint density at radius 1 is 1.00 bits per heavy atom. The van der Waals surface area contributed by atoms with E-state index in [-0.39, 0.29) is 5.54 Å².